The van der Waals surface area contributed by atoms with Crippen LogP contribution in [0.3, 0.4) is 0 Å². The number of fused-ring (bicyclic) bond motifs is 2. The Morgan fingerprint density at radius 2 is 1.25 bits per heavy atom. The average molecular weight is 394 g/mol. The molecule has 0 aromatic heterocycles. The molecule has 0 spiro atoms. The molecule has 0 unspecified atom stereocenters. The lowest BCUT2D eigenvalue weighted by atomic mass is 10.1. The minimum absolute atomic E-state index is 0.0235. The summed E-state index contributed by atoms with van der Waals surface area (Å²) < 4.78 is 32.7. The number of phenolic OH excluding ortho intramolecular Hbond substituents is 2. The number of benzene rings is 4. The highest BCUT2D eigenvalue weighted by Crippen LogP contribution is 2.41. The van der Waals surface area contributed by atoms with Crippen LogP contribution in [0.25, 0.3) is 21.5 Å². The van der Waals surface area contributed by atoms with Crippen molar-refractivity contribution in [3.8, 4) is 11.5 Å². The fourth-order valence-corrected chi connectivity index (χ4v) is 3.80. The fraction of sp³-hybridized carbons (Fsp3) is 0. The van der Waals surface area contributed by atoms with Crippen LogP contribution in [0.15, 0.2) is 81.9 Å². The van der Waals surface area contributed by atoms with E-state index in [2.05, 4.69) is 10.2 Å². The van der Waals surface area contributed by atoms with E-state index in [0.29, 0.717) is 10.8 Å². The van der Waals surface area contributed by atoms with Crippen molar-refractivity contribution in [3.63, 3.8) is 0 Å². The number of hydrogen-bond acceptors (Lipinski definition) is 6. The maximum absolute atomic E-state index is 11.6. The predicted molar refractivity (Wildman–Crippen MR) is 105 cm³/mol. The van der Waals surface area contributed by atoms with Crippen LogP contribution >= 0.6 is 0 Å². The van der Waals surface area contributed by atoms with Crippen LogP contribution in [0.2, 0.25) is 0 Å². The van der Waals surface area contributed by atoms with E-state index in [9.17, 15) is 23.2 Å². The van der Waals surface area contributed by atoms with Gasteiger partial charge in [-0.15, -0.1) is 10.2 Å². The minimum Gasteiger partial charge on any atom is -0.506 e. The maximum Gasteiger partial charge on any atom is 0.295 e. The Morgan fingerprint density at radius 3 is 1.93 bits per heavy atom. The van der Waals surface area contributed by atoms with Gasteiger partial charge in [-0.3, -0.25) is 4.55 Å². The second-order valence-corrected chi connectivity index (χ2v) is 7.51. The Labute approximate surface area is 160 Å². The first-order valence-corrected chi connectivity index (χ1v) is 9.65. The zero-order valence-electron chi connectivity index (χ0n) is 14.3. The van der Waals surface area contributed by atoms with Gasteiger partial charge >= 0.3 is 0 Å². The molecule has 28 heavy (non-hydrogen) atoms. The fourth-order valence-electron chi connectivity index (χ4n) is 3.08. The molecular weight excluding hydrogens is 380 g/mol. The number of nitrogens with zero attached hydrogens (tertiary/aromatic N) is 2. The first-order chi connectivity index (χ1) is 13.4. The maximum atomic E-state index is 11.6. The monoisotopic (exact) mass is 394 g/mol. The van der Waals surface area contributed by atoms with Crippen molar-refractivity contribution in [2.75, 3.05) is 0 Å². The van der Waals surface area contributed by atoms with Gasteiger partial charge in [-0.2, -0.15) is 8.42 Å². The molecule has 4 rings (SSSR count). The number of aromatic hydroxyl groups is 2. The highest BCUT2D eigenvalue weighted by molar-refractivity contribution is 7.86. The normalized spacial score (nSPS) is 12.2. The first-order valence-electron chi connectivity index (χ1n) is 8.21. The van der Waals surface area contributed by atoms with E-state index in [0.717, 1.165) is 11.5 Å². The van der Waals surface area contributed by atoms with Crippen LogP contribution in [0, 0.1) is 0 Å². The van der Waals surface area contributed by atoms with Crippen LogP contribution in [0.1, 0.15) is 0 Å². The molecular formula is C20H14N2O5S. The van der Waals surface area contributed by atoms with Crippen LogP contribution in [0.5, 0.6) is 11.5 Å². The van der Waals surface area contributed by atoms with E-state index in [1.54, 1.807) is 36.4 Å². The zero-order chi connectivity index (χ0) is 19.9. The molecule has 0 aliphatic carbocycles. The molecule has 0 aliphatic rings. The summed E-state index contributed by atoms with van der Waals surface area (Å²) in [6.45, 7) is 0. The number of phenols is 2. The van der Waals surface area contributed by atoms with Gasteiger partial charge in [0.25, 0.3) is 10.1 Å². The summed E-state index contributed by atoms with van der Waals surface area (Å²) in [6.07, 6.45) is 0. The molecule has 0 saturated heterocycles. The lowest BCUT2D eigenvalue weighted by Gasteiger charge is -2.09. The SMILES string of the molecule is O=S(=O)(O)c1cc(O)c(N=Nc2c(O)ccc3ccccc23)c2ccccc12. The molecule has 0 amide bonds. The van der Waals surface area contributed by atoms with E-state index < -0.39 is 20.8 Å². The summed E-state index contributed by atoms with van der Waals surface area (Å²) in [5.74, 6) is -0.546. The van der Waals surface area contributed by atoms with Gasteiger partial charge in [-0.1, -0.05) is 54.6 Å². The third kappa shape index (κ3) is 3.04. The van der Waals surface area contributed by atoms with Crippen molar-refractivity contribution in [2.45, 2.75) is 4.90 Å². The molecule has 0 aliphatic heterocycles. The van der Waals surface area contributed by atoms with Crippen molar-refractivity contribution < 1.29 is 23.2 Å². The van der Waals surface area contributed by atoms with Gasteiger partial charge < -0.3 is 10.2 Å². The number of azo groups is 1. The Hall–Kier alpha value is -3.49. The largest absolute Gasteiger partial charge is 0.506 e. The van der Waals surface area contributed by atoms with Crippen LogP contribution < -0.4 is 0 Å². The van der Waals surface area contributed by atoms with Gasteiger partial charge in [0.05, 0.1) is 0 Å². The summed E-state index contributed by atoms with van der Waals surface area (Å²) >= 11 is 0. The zero-order valence-corrected chi connectivity index (χ0v) is 15.1. The molecule has 0 saturated carbocycles. The summed E-state index contributed by atoms with van der Waals surface area (Å²) in [7, 11) is -4.54. The topological polar surface area (TPSA) is 120 Å². The lowest BCUT2D eigenvalue weighted by Crippen LogP contribution is -1.99. The van der Waals surface area contributed by atoms with Crippen molar-refractivity contribution in [2.24, 2.45) is 10.2 Å². The minimum atomic E-state index is -4.54. The molecule has 7 nitrogen and oxygen atoms in total. The highest BCUT2D eigenvalue weighted by Gasteiger charge is 2.19. The quantitative estimate of drug-likeness (QED) is 0.331. The van der Waals surface area contributed by atoms with Gasteiger partial charge in [-0.05, 0) is 11.5 Å². The van der Waals surface area contributed by atoms with E-state index in [4.69, 9.17) is 0 Å². The molecule has 0 atom stereocenters. The molecule has 4 aromatic carbocycles. The van der Waals surface area contributed by atoms with Crippen LogP contribution in [-0.2, 0) is 10.1 Å². The molecule has 0 radical (unpaired) electrons. The van der Waals surface area contributed by atoms with Crippen LogP contribution in [-0.4, -0.2) is 23.2 Å². The van der Waals surface area contributed by atoms with Crippen LogP contribution in [0.4, 0.5) is 11.4 Å². The summed E-state index contributed by atoms with van der Waals surface area (Å²) in [5, 5.41) is 30.7. The van der Waals surface area contributed by atoms with E-state index in [1.807, 2.05) is 12.1 Å². The lowest BCUT2D eigenvalue weighted by molar-refractivity contribution is 0.468. The van der Waals surface area contributed by atoms with Crippen molar-refractivity contribution in [3.05, 3.63) is 66.7 Å². The van der Waals surface area contributed by atoms with Gasteiger partial charge in [0, 0.05) is 22.2 Å². The van der Waals surface area contributed by atoms with Gasteiger partial charge in [-0.25, -0.2) is 0 Å². The van der Waals surface area contributed by atoms with Crippen molar-refractivity contribution in [1.82, 2.24) is 0 Å². The smallest absolute Gasteiger partial charge is 0.295 e. The molecule has 0 bridgehead atoms. The molecule has 4 aromatic rings. The van der Waals surface area contributed by atoms with E-state index >= 15 is 0 Å². The highest BCUT2D eigenvalue weighted by atomic mass is 32.2. The summed E-state index contributed by atoms with van der Waals surface area (Å²) in [5.41, 5.74) is 0.246. The Morgan fingerprint density at radius 1 is 0.679 bits per heavy atom. The number of rotatable bonds is 3. The summed E-state index contributed by atoms with van der Waals surface area (Å²) in [4.78, 5) is -0.424. The third-order valence-corrected chi connectivity index (χ3v) is 5.26. The van der Waals surface area contributed by atoms with E-state index in [1.165, 1.54) is 12.1 Å². The number of hydrogen-bond donors (Lipinski definition) is 3. The van der Waals surface area contributed by atoms with Gasteiger partial charge in [0.1, 0.15) is 27.8 Å². The second kappa shape index (κ2) is 6.59. The first kappa shape index (κ1) is 17.9. The Bertz CT molecular complexity index is 1360. The third-order valence-electron chi connectivity index (χ3n) is 4.37. The van der Waals surface area contributed by atoms with E-state index in [-0.39, 0.29) is 22.5 Å². The van der Waals surface area contributed by atoms with Gasteiger partial charge in [0.15, 0.2) is 0 Å². The van der Waals surface area contributed by atoms with Crippen molar-refractivity contribution in [1.29, 1.82) is 0 Å². The molecule has 140 valence electrons. The standard InChI is InChI=1S/C20H14N2O5S/c23-16-10-9-12-5-1-2-6-13(12)19(16)21-22-20-15-8-4-3-7-14(15)18(11-17(20)24)28(25,26)27/h1-11,23-24H,(H,25,26,27). The average Bonchev–Trinajstić information content (AvgIpc) is 2.67. The molecule has 8 heteroatoms. The molecule has 0 fully saturated rings. The molecule has 3 N–H and O–H groups in total. The second-order valence-electron chi connectivity index (χ2n) is 6.12. The van der Waals surface area contributed by atoms with Gasteiger partial charge in [0.2, 0.25) is 0 Å². The van der Waals surface area contributed by atoms with Crippen molar-refractivity contribution >= 4 is 43.0 Å². The molecule has 0 heterocycles. The summed E-state index contributed by atoms with van der Waals surface area (Å²) in [6, 6.07) is 17.8. The predicted octanol–water partition coefficient (Wildman–Crippen LogP) is 5.07. The Balaban J connectivity index is 1.95. The Kier molecular flexibility index (Phi) is 4.21.